The van der Waals surface area contributed by atoms with Gasteiger partial charge in [-0.05, 0) is 51.4 Å². The summed E-state index contributed by atoms with van der Waals surface area (Å²) in [5.74, 6) is 1.67. The van der Waals surface area contributed by atoms with E-state index in [1.165, 1.54) is 74.9 Å². The monoisotopic (exact) mass is 327 g/mol. The van der Waals surface area contributed by atoms with Crippen molar-refractivity contribution in [2.75, 3.05) is 23.7 Å². The van der Waals surface area contributed by atoms with Gasteiger partial charge in [0.25, 0.3) is 0 Å². The lowest BCUT2D eigenvalue weighted by Gasteiger charge is -2.42. The van der Waals surface area contributed by atoms with Gasteiger partial charge >= 0.3 is 0 Å². The van der Waals surface area contributed by atoms with E-state index in [2.05, 4.69) is 10.2 Å². The molecular weight excluding hydrogens is 298 g/mol. The second-order valence-electron chi connectivity index (χ2n) is 8.33. The maximum atomic E-state index is 6.21. The molecule has 2 atom stereocenters. The third-order valence-electron chi connectivity index (χ3n) is 7.06. The van der Waals surface area contributed by atoms with Gasteiger partial charge in [-0.1, -0.05) is 12.8 Å². The van der Waals surface area contributed by atoms with Crippen LogP contribution in [0.1, 0.15) is 69.0 Å². The topological polar surface area (TPSA) is 67.1 Å². The molecule has 1 aromatic heterocycles. The highest BCUT2D eigenvalue weighted by atomic mass is 15.3. The Hall–Kier alpha value is -1.36. The molecule has 24 heavy (non-hydrogen) atoms. The van der Waals surface area contributed by atoms with Crippen molar-refractivity contribution in [3.8, 4) is 0 Å². The number of piperazine rings is 1. The SMILES string of the molecule is Nc1nc(N2CCNC3CCCC32)c2c(n1)C1(CCCC1)CCC2. The first-order chi connectivity index (χ1) is 11.8. The van der Waals surface area contributed by atoms with Crippen molar-refractivity contribution in [2.45, 2.75) is 81.7 Å². The summed E-state index contributed by atoms with van der Waals surface area (Å²) in [7, 11) is 0. The van der Waals surface area contributed by atoms with Crippen molar-refractivity contribution in [3.05, 3.63) is 11.3 Å². The number of hydrogen-bond acceptors (Lipinski definition) is 5. The maximum Gasteiger partial charge on any atom is 0.222 e. The van der Waals surface area contributed by atoms with Crippen LogP contribution in [0.3, 0.4) is 0 Å². The summed E-state index contributed by atoms with van der Waals surface area (Å²) in [6.45, 7) is 2.11. The highest BCUT2D eigenvalue weighted by molar-refractivity contribution is 5.56. The minimum atomic E-state index is 0.308. The van der Waals surface area contributed by atoms with Crippen molar-refractivity contribution < 1.29 is 0 Å². The van der Waals surface area contributed by atoms with E-state index in [0.717, 1.165) is 19.5 Å². The molecule has 4 aliphatic rings. The lowest BCUT2D eigenvalue weighted by molar-refractivity contribution is 0.354. The van der Waals surface area contributed by atoms with Crippen LogP contribution in [0.15, 0.2) is 0 Å². The smallest absolute Gasteiger partial charge is 0.222 e. The van der Waals surface area contributed by atoms with E-state index in [1.54, 1.807) is 0 Å². The van der Waals surface area contributed by atoms with Crippen LogP contribution in [0.5, 0.6) is 0 Å². The maximum absolute atomic E-state index is 6.21. The molecule has 0 aromatic carbocycles. The molecule has 1 spiro atoms. The number of nitrogens with two attached hydrogens (primary N) is 1. The molecule has 1 saturated heterocycles. The molecule has 130 valence electrons. The highest BCUT2D eigenvalue weighted by Crippen LogP contribution is 2.50. The Kier molecular flexibility index (Phi) is 3.47. The first-order valence-electron chi connectivity index (χ1n) is 9.94. The zero-order chi connectivity index (χ0) is 16.1. The molecule has 0 amide bonds. The number of hydrogen-bond donors (Lipinski definition) is 2. The molecule has 0 radical (unpaired) electrons. The van der Waals surface area contributed by atoms with Gasteiger partial charge in [0.2, 0.25) is 5.95 Å². The lowest BCUT2D eigenvalue weighted by atomic mass is 9.71. The molecule has 2 heterocycles. The van der Waals surface area contributed by atoms with Crippen LogP contribution in [-0.2, 0) is 11.8 Å². The Morgan fingerprint density at radius 3 is 2.75 bits per heavy atom. The Balaban J connectivity index is 1.61. The van der Waals surface area contributed by atoms with Crippen LogP contribution in [0.4, 0.5) is 11.8 Å². The predicted molar refractivity (Wildman–Crippen MR) is 96.3 cm³/mol. The van der Waals surface area contributed by atoms with Crippen molar-refractivity contribution in [1.82, 2.24) is 15.3 Å². The zero-order valence-corrected chi connectivity index (χ0v) is 14.6. The summed E-state index contributed by atoms with van der Waals surface area (Å²) < 4.78 is 0. The number of nitrogen functional groups attached to an aromatic ring is 1. The second kappa shape index (κ2) is 5.58. The van der Waals surface area contributed by atoms with Crippen molar-refractivity contribution >= 4 is 11.8 Å². The van der Waals surface area contributed by atoms with Crippen LogP contribution < -0.4 is 16.0 Å². The Bertz CT molecular complexity index is 637. The minimum absolute atomic E-state index is 0.308. The third-order valence-corrected chi connectivity index (χ3v) is 7.06. The first kappa shape index (κ1) is 14.9. The molecule has 2 saturated carbocycles. The fourth-order valence-electron chi connectivity index (χ4n) is 6.01. The fourth-order valence-corrected chi connectivity index (χ4v) is 6.01. The molecule has 2 unspecified atom stereocenters. The van der Waals surface area contributed by atoms with Gasteiger partial charge in [-0.3, -0.25) is 0 Å². The predicted octanol–water partition coefficient (Wildman–Crippen LogP) is 2.54. The number of nitrogens with one attached hydrogen (secondary N) is 1. The molecular formula is C19H29N5. The summed E-state index contributed by atoms with van der Waals surface area (Å²) in [6.07, 6.45) is 12.9. The fraction of sp³-hybridized carbons (Fsp3) is 0.789. The Labute approximate surface area is 144 Å². The number of nitrogens with zero attached hydrogens (tertiary/aromatic N) is 3. The van der Waals surface area contributed by atoms with Gasteiger partial charge in [0.1, 0.15) is 5.82 Å². The molecule has 1 aliphatic heterocycles. The summed E-state index contributed by atoms with van der Waals surface area (Å²) >= 11 is 0. The van der Waals surface area contributed by atoms with E-state index in [9.17, 15) is 0 Å². The van der Waals surface area contributed by atoms with Gasteiger partial charge in [-0.25, -0.2) is 4.98 Å². The molecule has 1 aromatic rings. The van der Waals surface area contributed by atoms with Crippen molar-refractivity contribution in [1.29, 1.82) is 0 Å². The van der Waals surface area contributed by atoms with Crippen LogP contribution in [0.2, 0.25) is 0 Å². The lowest BCUT2D eigenvalue weighted by Crippen LogP contribution is -2.56. The Morgan fingerprint density at radius 1 is 1.04 bits per heavy atom. The van der Waals surface area contributed by atoms with E-state index in [0.29, 0.717) is 23.4 Å². The summed E-state index contributed by atoms with van der Waals surface area (Å²) in [4.78, 5) is 12.2. The molecule has 3 fully saturated rings. The average molecular weight is 327 g/mol. The van der Waals surface area contributed by atoms with Gasteiger partial charge < -0.3 is 16.0 Å². The molecule has 3 aliphatic carbocycles. The molecule has 5 rings (SSSR count). The van der Waals surface area contributed by atoms with E-state index in [-0.39, 0.29) is 0 Å². The molecule has 3 N–H and O–H groups in total. The minimum Gasteiger partial charge on any atom is -0.368 e. The van der Waals surface area contributed by atoms with Crippen molar-refractivity contribution in [2.24, 2.45) is 0 Å². The summed E-state index contributed by atoms with van der Waals surface area (Å²) in [6, 6.07) is 1.23. The Morgan fingerprint density at radius 2 is 1.88 bits per heavy atom. The molecule has 5 heteroatoms. The molecule has 0 bridgehead atoms. The van der Waals surface area contributed by atoms with Gasteiger partial charge in [0, 0.05) is 36.2 Å². The van der Waals surface area contributed by atoms with Crippen LogP contribution in [0.25, 0.3) is 0 Å². The van der Waals surface area contributed by atoms with Crippen LogP contribution in [-0.4, -0.2) is 35.1 Å². The quantitative estimate of drug-likeness (QED) is 0.830. The van der Waals surface area contributed by atoms with Crippen LogP contribution in [0, 0.1) is 0 Å². The average Bonchev–Trinajstić information content (AvgIpc) is 3.25. The zero-order valence-electron chi connectivity index (χ0n) is 14.6. The largest absolute Gasteiger partial charge is 0.368 e. The normalized spacial score (nSPS) is 31.2. The van der Waals surface area contributed by atoms with E-state index in [4.69, 9.17) is 15.7 Å². The summed E-state index contributed by atoms with van der Waals surface area (Å²) in [5, 5.41) is 3.71. The second-order valence-corrected chi connectivity index (χ2v) is 8.33. The number of fused-ring (bicyclic) bond motifs is 3. The van der Waals surface area contributed by atoms with Crippen molar-refractivity contribution in [3.63, 3.8) is 0 Å². The van der Waals surface area contributed by atoms with Gasteiger partial charge in [-0.15, -0.1) is 0 Å². The van der Waals surface area contributed by atoms with E-state index >= 15 is 0 Å². The van der Waals surface area contributed by atoms with E-state index < -0.39 is 0 Å². The van der Waals surface area contributed by atoms with Gasteiger partial charge in [0.15, 0.2) is 0 Å². The highest BCUT2D eigenvalue weighted by Gasteiger charge is 2.43. The van der Waals surface area contributed by atoms with E-state index in [1.807, 2.05) is 0 Å². The number of aromatic nitrogens is 2. The van der Waals surface area contributed by atoms with Crippen LogP contribution >= 0.6 is 0 Å². The van der Waals surface area contributed by atoms with Gasteiger partial charge in [-0.2, -0.15) is 4.98 Å². The van der Waals surface area contributed by atoms with Gasteiger partial charge in [0.05, 0.1) is 5.69 Å². The number of rotatable bonds is 1. The standard InChI is InChI=1S/C19H29N5/c20-18-22-16-13(5-4-10-19(16)8-1-2-9-19)17(23-18)24-12-11-21-14-6-3-7-15(14)24/h14-15,21H,1-12H2,(H2,20,22,23). The third kappa shape index (κ3) is 2.17. The summed E-state index contributed by atoms with van der Waals surface area (Å²) in [5.41, 5.74) is 9.28. The molecule has 5 nitrogen and oxygen atoms in total. The first-order valence-corrected chi connectivity index (χ1v) is 9.94. The number of anilines is 2.